The van der Waals surface area contributed by atoms with E-state index in [2.05, 4.69) is 13.6 Å². The number of phosphoric ester groups is 3. The van der Waals surface area contributed by atoms with Crippen LogP contribution in [0.5, 0.6) is 0 Å². The van der Waals surface area contributed by atoms with Crippen molar-refractivity contribution in [3.63, 3.8) is 0 Å². The van der Waals surface area contributed by atoms with Crippen LogP contribution in [0.15, 0.2) is 0 Å². The molecule has 0 aromatic carbocycles. The first-order valence-electron chi connectivity index (χ1n) is 6.24. The summed E-state index contributed by atoms with van der Waals surface area (Å²) in [5.74, 6) is -1.80. The normalized spacial score (nSPS) is 34.9. The fourth-order valence-electron chi connectivity index (χ4n) is 2.34. The van der Waals surface area contributed by atoms with Gasteiger partial charge in [-0.1, -0.05) is 0 Å². The van der Waals surface area contributed by atoms with E-state index in [0.29, 0.717) is 0 Å². The lowest BCUT2D eigenvalue weighted by Gasteiger charge is -2.45. The summed E-state index contributed by atoms with van der Waals surface area (Å²) in [5, 5.41) is 29.2. The molecule has 0 amide bonds. The Balaban J connectivity index is 3.32. The van der Waals surface area contributed by atoms with Gasteiger partial charge >= 0.3 is 23.5 Å². The maximum atomic E-state index is 11.0. The third-order valence-corrected chi connectivity index (χ3v) is 4.74. The van der Waals surface area contributed by atoms with Gasteiger partial charge in [0.05, 0.1) is 12.7 Å². The van der Waals surface area contributed by atoms with Crippen LogP contribution in [-0.4, -0.2) is 81.8 Å². The molecule has 1 saturated carbocycles. The first kappa shape index (κ1) is 23.2. The Morgan fingerprint density at radius 1 is 0.640 bits per heavy atom. The van der Waals surface area contributed by atoms with Crippen LogP contribution in [0, 0.1) is 5.92 Å². The van der Waals surface area contributed by atoms with Gasteiger partial charge in [-0.25, -0.2) is 13.7 Å². The molecule has 9 N–H and O–H groups in total. The molecular formula is C7H17O15P3. The van der Waals surface area contributed by atoms with Crippen LogP contribution >= 0.6 is 23.5 Å². The Morgan fingerprint density at radius 2 is 1.00 bits per heavy atom. The second-order valence-corrected chi connectivity index (χ2v) is 8.59. The van der Waals surface area contributed by atoms with Crippen LogP contribution < -0.4 is 0 Å². The first-order chi connectivity index (χ1) is 11.1. The predicted octanol–water partition coefficient (Wildman–Crippen LogP) is -3.24. The predicted molar refractivity (Wildman–Crippen MR) is 73.3 cm³/mol. The van der Waals surface area contributed by atoms with Gasteiger partial charge in [0.15, 0.2) is 0 Å². The third-order valence-electron chi connectivity index (χ3n) is 3.18. The smallest absolute Gasteiger partial charge is 0.396 e. The number of hydrogen-bond acceptors (Lipinski definition) is 9. The Bertz CT molecular complexity index is 590. The van der Waals surface area contributed by atoms with Gasteiger partial charge in [0.25, 0.3) is 0 Å². The molecule has 0 aromatic rings. The summed E-state index contributed by atoms with van der Waals surface area (Å²) in [6, 6.07) is 0. The molecule has 0 unspecified atom stereocenters. The van der Waals surface area contributed by atoms with Crippen molar-refractivity contribution in [3.8, 4) is 0 Å². The average molecular weight is 434 g/mol. The number of rotatable bonds is 7. The Morgan fingerprint density at radius 3 is 1.36 bits per heavy atom. The van der Waals surface area contributed by atoms with E-state index in [1.54, 1.807) is 0 Å². The molecule has 15 nitrogen and oxygen atoms in total. The molecule has 0 aliphatic heterocycles. The lowest BCUT2D eigenvalue weighted by Crippen LogP contribution is -2.63. The van der Waals surface area contributed by atoms with E-state index in [1.165, 1.54) is 0 Å². The van der Waals surface area contributed by atoms with Crippen LogP contribution in [-0.2, 0) is 27.3 Å². The highest BCUT2D eigenvalue weighted by molar-refractivity contribution is 7.46. The van der Waals surface area contributed by atoms with Crippen LogP contribution in [0.2, 0.25) is 0 Å². The summed E-state index contributed by atoms with van der Waals surface area (Å²) in [6.45, 7) is -1.14. The largest absolute Gasteiger partial charge is 0.470 e. The molecule has 1 fully saturated rings. The van der Waals surface area contributed by atoms with Gasteiger partial charge in [0.1, 0.15) is 24.4 Å². The van der Waals surface area contributed by atoms with E-state index in [4.69, 9.17) is 29.4 Å². The van der Waals surface area contributed by atoms with Crippen molar-refractivity contribution >= 4 is 23.5 Å². The molecule has 1 aliphatic carbocycles. The maximum Gasteiger partial charge on any atom is 0.470 e. The summed E-state index contributed by atoms with van der Waals surface area (Å²) in [7, 11) is -16.1. The summed E-state index contributed by atoms with van der Waals surface area (Å²) in [4.78, 5) is 53.0. The molecule has 0 radical (unpaired) electrons. The van der Waals surface area contributed by atoms with Crippen LogP contribution in [0.4, 0.5) is 0 Å². The van der Waals surface area contributed by atoms with E-state index in [-0.39, 0.29) is 0 Å². The van der Waals surface area contributed by atoms with E-state index < -0.39 is 66.5 Å². The second-order valence-electron chi connectivity index (χ2n) is 5.01. The van der Waals surface area contributed by atoms with E-state index in [0.717, 1.165) is 0 Å². The lowest BCUT2D eigenvalue weighted by molar-refractivity contribution is -0.198. The molecule has 1 rings (SSSR count). The Kier molecular flexibility index (Phi) is 7.50. The number of hydrogen-bond donors (Lipinski definition) is 9. The molecule has 25 heavy (non-hydrogen) atoms. The van der Waals surface area contributed by atoms with Crippen molar-refractivity contribution in [3.05, 3.63) is 0 Å². The minimum atomic E-state index is -5.41. The van der Waals surface area contributed by atoms with Crippen molar-refractivity contribution < 1.29 is 71.9 Å². The fourth-order valence-corrected chi connectivity index (χ4v) is 4.06. The van der Waals surface area contributed by atoms with Crippen molar-refractivity contribution in [1.82, 2.24) is 0 Å². The highest BCUT2D eigenvalue weighted by atomic mass is 31.2. The molecule has 18 heteroatoms. The molecule has 1 aliphatic rings. The standard InChI is InChI=1S/C7H17O15P3/c8-1-2-3(9)6(21-24(14,15)16)4(10)7(22-25(17,18)19)5(2)20-23(11,12)13/h2-10H,1H2,(H2,11,12,13)(H2,14,15,16)(H2,17,18,19)/t2-,3-,4+,5+,6+,7+/m0/s1. The number of phosphoric acid groups is 3. The first-order valence-corrected chi connectivity index (χ1v) is 10.8. The monoisotopic (exact) mass is 434 g/mol. The van der Waals surface area contributed by atoms with Gasteiger partial charge in [-0.2, -0.15) is 0 Å². The maximum absolute atomic E-state index is 11.0. The molecule has 0 spiro atoms. The van der Waals surface area contributed by atoms with E-state index in [9.17, 15) is 29.0 Å². The van der Waals surface area contributed by atoms with Gasteiger partial charge in [0, 0.05) is 5.92 Å². The molecule has 0 bridgehead atoms. The zero-order valence-electron chi connectivity index (χ0n) is 12.0. The minimum absolute atomic E-state index is 1.14. The van der Waals surface area contributed by atoms with Crippen molar-refractivity contribution in [2.24, 2.45) is 5.92 Å². The molecule has 0 heterocycles. The van der Waals surface area contributed by atoms with Gasteiger partial charge in [0.2, 0.25) is 0 Å². The van der Waals surface area contributed by atoms with Gasteiger partial charge < -0.3 is 44.7 Å². The van der Waals surface area contributed by atoms with Crippen LogP contribution in [0.25, 0.3) is 0 Å². The molecule has 6 atom stereocenters. The summed E-state index contributed by atoms with van der Waals surface area (Å²) in [5.41, 5.74) is 0. The van der Waals surface area contributed by atoms with Gasteiger partial charge in [-0.3, -0.25) is 13.6 Å². The topological polar surface area (TPSA) is 261 Å². The Labute approximate surface area is 139 Å². The van der Waals surface area contributed by atoms with Crippen molar-refractivity contribution in [1.29, 1.82) is 0 Å². The number of aliphatic hydroxyl groups is 3. The molecule has 0 aromatic heterocycles. The zero-order chi connectivity index (χ0) is 19.8. The summed E-state index contributed by atoms with van der Waals surface area (Å²) < 4.78 is 45.5. The minimum Gasteiger partial charge on any atom is -0.396 e. The summed E-state index contributed by atoms with van der Waals surface area (Å²) in [6.07, 6.45) is -11.3. The third kappa shape index (κ3) is 7.03. The average Bonchev–Trinajstić information content (AvgIpc) is 2.36. The van der Waals surface area contributed by atoms with Crippen LogP contribution in [0.1, 0.15) is 0 Å². The van der Waals surface area contributed by atoms with Gasteiger partial charge in [-0.05, 0) is 0 Å². The zero-order valence-corrected chi connectivity index (χ0v) is 14.7. The fraction of sp³-hybridized carbons (Fsp3) is 1.00. The van der Waals surface area contributed by atoms with Crippen molar-refractivity contribution in [2.45, 2.75) is 30.5 Å². The Hall–Kier alpha value is 0.210. The van der Waals surface area contributed by atoms with Gasteiger partial charge in [-0.15, -0.1) is 0 Å². The lowest BCUT2D eigenvalue weighted by atomic mass is 9.79. The number of aliphatic hydroxyl groups excluding tert-OH is 3. The molecule has 0 saturated heterocycles. The van der Waals surface area contributed by atoms with Crippen LogP contribution in [0.3, 0.4) is 0 Å². The molecular weight excluding hydrogens is 417 g/mol. The molecule has 150 valence electrons. The van der Waals surface area contributed by atoms with E-state index >= 15 is 0 Å². The SMILES string of the molecule is O=P(O)(O)O[C@H]1[C@@H](O)[C@@H](OP(=O)(O)O)[C@H](OP(=O)(O)O)[C@@H](CO)[C@@H]1O. The van der Waals surface area contributed by atoms with E-state index in [1.807, 2.05) is 0 Å². The summed E-state index contributed by atoms with van der Waals surface area (Å²) >= 11 is 0. The highest BCUT2D eigenvalue weighted by Gasteiger charge is 2.56. The van der Waals surface area contributed by atoms with Crippen molar-refractivity contribution in [2.75, 3.05) is 6.61 Å². The quantitative estimate of drug-likeness (QED) is 0.178. The second kappa shape index (κ2) is 8.07. The highest BCUT2D eigenvalue weighted by Crippen LogP contribution is 2.50.